The molecule has 1 aliphatic heterocycles. The van der Waals surface area contributed by atoms with Crippen LogP contribution in [0.15, 0.2) is 11.6 Å². The van der Waals surface area contributed by atoms with Crippen LogP contribution in [0, 0.1) is 51.2 Å². The number of nitrogens with one attached hydrogen (secondary N) is 1. The molecule has 4 fully saturated rings. The van der Waals surface area contributed by atoms with Gasteiger partial charge < -0.3 is 33.7 Å². The minimum absolute atomic E-state index is 0.000118. The fourth-order valence-corrected chi connectivity index (χ4v) is 10.7. The molecule has 52 heavy (non-hydrogen) atoms. The van der Waals surface area contributed by atoms with E-state index in [9.17, 15) is 4.79 Å². The molecule has 1 saturated heterocycles. The van der Waals surface area contributed by atoms with Crippen LogP contribution in [-0.2, 0) is 33.2 Å². The topological polar surface area (TPSA) is 84.5 Å². The van der Waals surface area contributed by atoms with Gasteiger partial charge in [0.15, 0.2) is 0 Å². The molecule has 1 spiro atoms. The number of ether oxygens (including phenoxy) is 6. The van der Waals surface area contributed by atoms with Crippen LogP contribution in [0.5, 0.6) is 0 Å². The maximum Gasteiger partial charge on any atom is 0.271 e. The Kier molecular flexibility index (Phi) is 16.6. The Morgan fingerprint density at radius 2 is 1.69 bits per heavy atom. The van der Waals surface area contributed by atoms with Crippen molar-refractivity contribution in [3.05, 3.63) is 11.6 Å². The van der Waals surface area contributed by atoms with Crippen molar-refractivity contribution in [1.82, 2.24) is 5.32 Å². The van der Waals surface area contributed by atoms with Crippen molar-refractivity contribution in [2.75, 3.05) is 60.4 Å². The summed E-state index contributed by atoms with van der Waals surface area (Å²) in [6.07, 6.45) is 21.9. The van der Waals surface area contributed by atoms with Gasteiger partial charge in [-0.1, -0.05) is 92.7 Å². The zero-order valence-electron chi connectivity index (χ0n) is 35.1. The first-order chi connectivity index (χ1) is 24.6. The van der Waals surface area contributed by atoms with Gasteiger partial charge in [0, 0.05) is 31.6 Å². The molecule has 0 aromatic rings. The van der Waals surface area contributed by atoms with Gasteiger partial charge in [-0.2, -0.15) is 0 Å². The predicted molar refractivity (Wildman–Crippen MR) is 209 cm³/mol. The van der Waals surface area contributed by atoms with E-state index in [1.54, 1.807) is 20.0 Å². The molecule has 0 aromatic carbocycles. The zero-order chi connectivity index (χ0) is 38.0. The van der Waals surface area contributed by atoms with Crippen molar-refractivity contribution in [2.45, 2.75) is 151 Å². The highest BCUT2D eigenvalue weighted by molar-refractivity contribution is 5.77. The Morgan fingerprint density at radius 3 is 2.38 bits per heavy atom. The number of hydrogen-bond donors (Lipinski definition) is 1. The molecule has 3 saturated carbocycles. The van der Waals surface area contributed by atoms with Gasteiger partial charge in [-0.25, -0.2) is 0 Å². The van der Waals surface area contributed by atoms with Crippen molar-refractivity contribution < 1.29 is 33.2 Å². The van der Waals surface area contributed by atoms with E-state index >= 15 is 0 Å². The van der Waals surface area contributed by atoms with Gasteiger partial charge in [0.25, 0.3) is 6.48 Å². The second-order valence-electron chi connectivity index (χ2n) is 19.7. The van der Waals surface area contributed by atoms with E-state index in [1.807, 2.05) is 19.4 Å². The summed E-state index contributed by atoms with van der Waals surface area (Å²) in [6, 6.07) is 0. The lowest BCUT2D eigenvalue weighted by atomic mass is 9.60. The smallest absolute Gasteiger partial charge is 0.271 e. The van der Waals surface area contributed by atoms with Crippen LogP contribution in [0.2, 0.25) is 0 Å². The van der Waals surface area contributed by atoms with Crippen LogP contribution < -0.4 is 5.32 Å². The molecular weight excluding hydrogens is 654 g/mol. The van der Waals surface area contributed by atoms with E-state index in [4.69, 9.17) is 28.4 Å². The minimum atomic E-state index is -0.650. The molecule has 1 amide bonds. The highest BCUT2D eigenvalue weighted by atomic mass is 16.9. The normalized spacial score (nSPS) is 32.3. The van der Waals surface area contributed by atoms with Crippen LogP contribution in [0.1, 0.15) is 139 Å². The molecule has 8 atom stereocenters. The first-order valence-electron chi connectivity index (χ1n) is 21.0. The maximum absolute atomic E-state index is 11.8. The summed E-state index contributed by atoms with van der Waals surface area (Å²) in [4.78, 5) is 11.8. The van der Waals surface area contributed by atoms with Crippen LogP contribution in [-0.4, -0.2) is 78.9 Å². The average molecular weight is 734 g/mol. The Bertz CT molecular complexity index is 1120. The summed E-state index contributed by atoms with van der Waals surface area (Å²) in [5, 5.41) is 2.76. The monoisotopic (exact) mass is 734 g/mol. The molecule has 1 N–H and O–H groups in total. The lowest BCUT2D eigenvalue weighted by molar-refractivity contribution is -0.222. The number of allylic oxidation sites excluding steroid dienone is 2. The predicted octanol–water partition coefficient (Wildman–Crippen LogP) is 9.35. The number of hydrogen-bond acceptors (Lipinski definition) is 7. The number of carbonyl (C=O) groups excluding carboxylic acids is 1. The molecule has 1 heterocycles. The Morgan fingerprint density at radius 1 is 0.962 bits per heavy atom. The summed E-state index contributed by atoms with van der Waals surface area (Å²) in [5.74, 6) is 4.67. The lowest BCUT2D eigenvalue weighted by Gasteiger charge is -2.45. The molecule has 8 heteroatoms. The summed E-state index contributed by atoms with van der Waals surface area (Å²) < 4.78 is 32.0. The van der Waals surface area contributed by atoms with Crippen molar-refractivity contribution in [3.8, 4) is 0 Å². The van der Waals surface area contributed by atoms with Crippen LogP contribution >= 0.6 is 0 Å². The van der Waals surface area contributed by atoms with Crippen molar-refractivity contribution in [2.24, 2.45) is 51.2 Å². The second-order valence-corrected chi connectivity index (χ2v) is 19.7. The molecule has 8 nitrogen and oxygen atoms in total. The van der Waals surface area contributed by atoms with Crippen LogP contribution in [0.4, 0.5) is 0 Å². The molecule has 5 aliphatic rings. The summed E-state index contributed by atoms with van der Waals surface area (Å²) in [7, 11) is 3.19. The van der Waals surface area contributed by atoms with Crippen LogP contribution in [0.25, 0.3) is 0 Å². The third-order valence-corrected chi connectivity index (χ3v) is 13.4. The van der Waals surface area contributed by atoms with E-state index in [0.29, 0.717) is 50.4 Å². The molecule has 302 valence electrons. The Labute approximate surface area is 318 Å². The molecule has 0 radical (unpaired) electrons. The van der Waals surface area contributed by atoms with Crippen molar-refractivity contribution in [1.29, 1.82) is 0 Å². The van der Waals surface area contributed by atoms with E-state index < -0.39 is 6.48 Å². The highest BCUT2D eigenvalue weighted by Gasteiger charge is 2.56. The largest absolute Gasteiger partial charge is 0.384 e. The third kappa shape index (κ3) is 12.2. The fraction of sp³-hybridized carbons (Fsp3) is 0.932. The van der Waals surface area contributed by atoms with Crippen molar-refractivity contribution in [3.63, 3.8) is 0 Å². The van der Waals surface area contributed by atoms with E-state index in [1.165, 1.54) is 77.7 Å². The second kappa shape index (κ2) is 19.7. The number of carbonyl (C=O) groups is 1. The number of amides is 1. The van der Waals surface area contributed by atoms with E-state index in [-0.39, 0.29) is 29.4 Å². The van der Waals surface area contributed by atoms with Gasteiger partial charge in [0.2, 0.25) is 5.91 Å². The lowest BCUT2D eigenvalue weighted by Crippen LogP contribution is -2.37. The van der Waals surface area contributed by atoms with Gasteiger partial charge in [0.05, 0.1) is 33.0 Å². The SMILES string of the molecule is CC(C)CCC[C@@H](C)C1CCC2C3CC=C4CCCCC4(CCC21C)C3.COCC(C)(C)COCC(C)(C)COCC(=O)NCC1COC(OC)O1. The van der Waals surface area contributed by atoms with Gasteiger partial charge in [-0.3, -0.25) is 4.79 Å². The Hall–Kier alpha value is -1.03. The standard InChI is InChI=1S/C26H44.C18H35NO7/c1-19(2)8-7-9-20(3)23-13-14-24-21-11-12-22-10-5-6-15-26(22,18-21)17-16-25(23,24)4;1-17(2,10-21-5)12-24-13-18(3,4)11-23-9-15(20)19-7-14-8-25-16(22-6)26-14/h12,19-21,23-24H,5-11,13-18H2,1-4H3;14,16H,7-13H2,1-6H3,(H,19,20)/t20-,21?,23?,24?,25?,26?;/m1./s1. The summed E-state index contributed by atoms with van der Waals surface area (Å²) in [5.41, 5.74) is 2.99. The summed E-state index contributed by atoms with van der Waals surface area (Å²) in [6.45, 7) is 20.7. The molecular formula is C44H79NO7. The van der Waals surface area contributed by atoms with Crippen LogP contribution in [0.3, 0.4) is 0 Å². The summed E-state index contributed by atoms with van der Waals surface area (Å²) >= 11 is 0. The van der Waals surface area contributed by atoms with Gasteiger partial charge in [-0.15, -0.1) is 0 Å². The molecule has 7 unspecified atom stereocenters. The number of fused-ring (bicyclic) bond motifs is 3. The minimum Gasteiger partial charge on any atom is -0.384 e. The zero-order valence-corrected chi connectivity index (χ0v) is 35.1. The number of rotatable bonds is 18. The third-order valence-electron chi connectivity index (χ3n) is 13.4. The molecule has 5 rings (SSSR count). The fourth-order valence-electron chi connectivity index (χ4n) is 10.7. The van der Waals surface area contributed by atoms with E-state index in [0.717, 1.165) is 29.6 Å². The van der Waals surface area contributed by atoms with E-state index in [2.05, 4.69) is 52.9 Å². The van der Waals surface area contributed by atoms with Gasteiger partial charge in [0.1, 0.15) is 12.7 Å². The highest BCUT2D eigenvalue weighted by Crippen LogP contribution is 2.66. The molecule has 2 bridgehead atoms. The first kappa shape index (κ1) is 43.7. The first-order valence-corrected chi connectivity index (χ1v) is 21.0. The molecule has 4 aliphatic carbocycles. The van der Waals surface area contributed by atoms with Gasteiger partial charge in [-0.05, 0) is 98.2 Å². The molecule has 0 aromatic heterocycles. The van der Waals surface area contributed by atoms with Gasteiger partial charge >= 0.3 is 0 Å². The Balaban J connectivity index is 0.000000233. The quantitative estimate of drug-likeness (QED) is 0.141. The maximum atomic E-state index is 11.8. The average Bonchev–Trinajstić information content (AvgIpc) is 3.68. The van der Waals surface area contributed by atoms with Crippen molar-refractivity contribution >= 4 is 5.91 Å². The number of methoxy groups -OCH3 is 2.